The highest BCUT2D eigenvalue weighted by Crippen LogP contribution is 2.31. The largest absolute Gasteiger partial charge is 0.496 e. The number of nitrogens with one attached hydrogen (secondary N) is 1. The number of benzene rings is 1. The molecule has 0 radical (unpaired) electrons. The molecule has 0 bridgehead atoms. The van der Waals surface area contributed by atoms with E-state index in [0.717, 1.165) is 22.0 Å². The third-order valence-corrected chi connectivity index (χ3v) is 4.89. The minimum Gasteiger partial charge on any atom is -0.496 e. The monoisotopic (exact) mass is 318 g/mol. The van der Waals surface area contributed by atoms with Crippen molar-refractivity contribution in [3.63, 3.8) is 0 Å². The normalized spacial score (nSPS) is 11.3. The fourth-order valence-corrected chi connectivity index (χ4v) is 3.15. The van der Waals surface area contributed by atoms with Gasteiger partial charge in [0.05, 0.1) is 24.8 Å². The van der Waals surface area contributed by atoms with E-state index in [2.05, 4.69) is 10.3 Å². The van der Waals surface area contributed by atoms with Crippen molar-refractivity contribution in [3.05, 3.63) is 45.4 Å². The Morgan fingerprint density at radius 1 is 1.32 bits per heavy atom. The van der Waals surface area contributed by atoms with Gasteiger partial charge in [0.25, 0.3) is 0 Å². The molecule has 0 aliphatic carbocycles. The minimum atomic E-state index is -0.673. The van der Waals surface area contributed by atoms with Gasteiger partial charge in [0.15, 0.2) is 0 Å². The van der Waals surface area contributed by atoms with Crippen molar-refractivity contribution in [1.82, 2.24) is 10.3 Å². The third kappa shape index (κ3) is 3.30. The van der Waals surface area contributed by atoms with E-state index >= 15 is 0 Å². The Morgan fingerprint density at radius 2 is 2.00 bits per heavy atom. The van der Waals surface area contributed by atoms with E-state index in [0.29, 0.717) is 6.54 Å². The van der Waals surface area contributed by atoms with Crippen LogP contribution in [-0.4, -0.2) is 18.0 Å². The summed E-state index contributed by atoms with van der Waals surface area (Å²) in [6.07, 6.45) is 0. The molecule has 0 fully saturated rings. The van der Waals surface area contributed by atoms with Crippen LogP contribution in [0, 0.1) is 13.8 Å². The Hall–Kier alpha value is -1.88. The van der Waals surface area contributed by atoms with E-state index in [-0.39, 0.29) is 5.91 Å². The lowest BCUT2D eigenvalue weighted by molar-refractivity contribution is -0.125. The maximum absolute atomic E-state index is 12.6. The van der Waals surface area contributed by atoms with E-state index in [1.807, 2.05) is 52.0 Å². The fourth-order valence-electron chi connectivity index (χ4n) is 2.27. The molecule has 1 N–H and O–H groups in total. The zero-order valence-corrected chi connectivity index (χ0v) is 14.5. The lowest BCUT2D eigenvalue weighted by Gasteiger charge is -2.25. The van der Waals surface area contributed by atoms with Crippen molar-refractivity contribution in [2.24, 2.45) is 0 Å². The number of nitrogens with zero attached hydrogens (tertiary/aromatic N) is 1. The Bertz CT molecular complexity index is 658. The van der Waals surface area contributed by atoms with Crippen molar-refractivity contribution >= 4 is 17.2 Å². The molecule has 118 valence electrons. The van der Waals surface area contributed by atoms with Gasteiger partial charge in [-0.1, -0.05) is 18.2 Å². The van der Waals surface area contributed by atoms with Crippen LogP contribution in [0.5, 0.6) is 5.75 Å². The number of amides is 1. The molecule has 1 aromatic carbocycles. The Labute approximate surface area is 135 Å². The van der Waals surface area contributed by atoms with Crippen LogP contribution in [0.15, 0.2) is 24.3 Å². The summed E-state index contributed by atoms with van der Waals surface area (Å²) in [6, 6.07) is 7.62. The lowest BCUT2D eigenvalue weighted by Crippen LogP contribution is -2.39. The van der Waals surface area contributed by atoms with E-state index in [9.17, 15) is 4.79 Å². The van der Waals surface area contributed by atoms with E-state index in [1.165, 1.54) is 4.88 Å². The predicted octanol–water partition coefficient (Wildman–Crippen LogP) is 3.36. The zero-order valence-electron chi connectivity index (χ0n) is 13.7. The van der Waals surface area contributed by atoms with Gasteiger partial charge in [-0.05, 0) is 33.8 Å². The van der Waals surface area contributed by atoms with Crippen LogP contribution in [0.4, 0.5) is 0 Å². The number of rotatable bonds is 5. The van der Waals surface area contributed by atoms with Gasteiger partial charge in [-0.3, -0.25) is 4.79 Å². The summed E-state index contributed by atoms with van der Waals surface area (Å²) in [5.41, 5.74) is 1.23. The number of carbonyl (C=O) groups excluding carboxylic acids is 1. The van der Waals surface area contributed by atoms with Gasteiger partial charge in [-0.25, -0.2) is 4.98 Å². The summed E-state index contributed by atoms with van der Waals surface area (Å²) in [6.45, 7) is 8.28. The molecule has 22 heavy (non-hydrogen) atoms. The molecule has 2 aromatic rings. The minimum absolute atomic E-state index is 0.0393. The molecule has 1 amide bonds. The Balaban J connectivity index is 2.13. The van der Waals surface area contributed by atoms with E-state index in [4.69, 9.17) is 4.74 Å². The zero-order chi connectivity index (χ0) is 16.3. The summed E-state index contributed by atoms with van der Waals surface area (Å²) in [5.74, 6) is 0.686. The average molecular weight is 318 g/mol. The van der Waals surface area contributed by atoms with Crippen LogP contribution in [0.2, 0.25) is 0 Å². The van der Waals surface area contributed by atoms with Crippen LogP contribution in [0.25, 0.3) is 0 Å². The van der Waals surface area contributed by atoms with Gasteiger partial charge in [-0.15, -0.1) is 11.3 Å². The molecule has 0 unspecified atom stereocenters. The summed E-state index contributed by atoms with van der Waals surface area (Å²) in [5, 5.41) is 3.91. The quantitative estimate of drug-likeness (QED) is 0.919. The summed E-state index contributed by atoms with van der Waals surface area (Å²) in [7, 11) is 1.62. The molecule has 0 aliphatic rings. The number of hydrogen-bond donors (Lipinski definition) is 1. The molecule has 4 nitrogen and oxygen atoms in total. The number of aromatic nitrogens is 1. The van der Waals surface area contributed by atoms with Gasteiger partial charge in [-0.2, -0.15) is 0 Å². The standard InChI is InChI=1S/C17H22N2O2S/c1-11-12(2)22-15(19-11)10-18-16(20)17(3,4)13-8-6-7-9-14(13)21-5/h6-9H,10H2,1-5H3,(H,18,20). The number of ether oxygens (including phenoxy) is 1. The molecule has 0 atom stereocenters. The maximum Gasteiger partial charge on any atom is 0.230 e. The average Bonchev–Trinajstić information content (AvgIpc) is 2.83. The highest BCUT2D eigenvalue weighted by Gasteiger charge is 2.32. The molecule has 0 aliphatic heterocycles. The van der Waals surface area contributed by atoms with Gasteiger partial charge in [0.1, 0.15) is 10.8 Å². The van der Waals surface area contributed by atoms with Crippen LogP contribution in [0.1, 0.15) is 35.0 Å². The molecule has 0 saturated carbocycles. The first-order valence-electron chi connectivity index (χ1n) is 7.21. The number of methoxy groups -OCH3 is 1. The first kappa shape index (κ1) is 16.5. The van der Waals surface area contributed by atoms with Gasteiger partial charge in [0, 0.05) is 10.4 Å². The van der Waals surface area contributed by atoms with Crippen molar-refractivity contribution < 1.29 is 9.53 Å². The van der Waals surface area contributed by atoms with Gasteiger partial charge < -0.3 is 10.1 Å². The predicted molar refractivity (Wildman–Crippen MR) is 89.5 cm³/mol. The number of thiazole rings is 1. The van der Waals surface area contributed by atoms with Crippen LogP contribution < -0.4 is 10.1 Å². The Morgan fingerprint density at radius 3 is 2.59 bits per heavy atom. The van der Waals surface area contributed by atoms with Crippen molar-refractivity contribution in [2.45, 2.75) is 39.7 Å². The molecular formula is C17H22N2O2S. The second kappa shape index (κ2) is 6.48. The first-order valence-corrected chi connectivity index (χ1v) is 8.02. The molecular weight excluding hydrogens is 296 g/mol. The summed E-state index contributed by atoms with van der Waals surface area (Å²) < 4.78 is 5.37. The number of carbonyl (C=O) groups is 1. The SMILES string of the molecule is COc1ccccc1C(C)(C)C(=O)NCc1nc(C)c(C)s1. The van der Waals surface area contributed by atoms with Crippen LogP contribution >= 0.6 is 11.3 Å². The number of aryl methyl sites for hydroxylation is 2. The topological polar surface area (TPSA) is 51.2 Å². The van der Waals surface area contributed by atoms with Gasteiger partial charge >= 0.3 is 0 Å². The lowest BCUT2D eigenvalue weighted by atomic mass is 9.83. The van der Waals surface area contributed by atoms with E-state index in [1.54, 1.807) is 18.4 Å². The Kier molecular flexibility index (Phi) is 4.86. The fraction of sp³-hybridized carbons (Fsp3) is 0.412. The highest BCUT2D eigenvalue weighted by molar-refractivity contribution is 7.11. The first-order chi connectivity index (χ1) is 10.4. The van der Waals surface area contributed by atoms with Gasteiger partial charge in [0.2, 0.25) is 5.91 Å². The molecule has 0 spiro atoms. The smallest absolute Gasteiger partial charge is 0.230 e. The number of hydrogen-bond acceptors (Lipinski definition) is 4. The molecule has 0 saturated heterocycles. The third-order valence-electron chi connectivity index (χ3n) is 3.82. The van der Waals surface area contributed by atoms with E-state index < -0.39 is 5.41 Å². The molecule has 1 aromatic heterocycles. The maximum atomic E-state index is 12.6. The number of para-hydroxylation sites is 1. The highest BCUT2D eigenvalue weighted by atomic mass is 32.1. The molecule has 5 heteroatoms. The van der Waals surface area contributed by atoms with Crippen LogP contribution in [-0.2, 0) is 16.8 Å². The summed E-state index contributed by atoms with van der Waals surface area (Å²) in [4.78, 5) is 18.2. The second-order valence-electron chi connectivity index (χ2n) is 5.76. The summed E-state index contributed by atoms with van der Waals surface area (Å²) >= 11 is 1.62. The van der Waals surface area contributed by atoms with Crippen molar-refractivity contribution in [3.8, 4) is 5.75 Å². The van der Waals surface area contributed by atoms with Crippen molar-refractivity contribution in [1.29, 1.82) is 0 Å². The molecule has 1 heterocycles. The second-order valence-corrected chi connectivity index (χ2v) is 7.04. The van der Waals surface area contributed by atoms with Crippen LogP contribution in [0.3, 0.4) is 0 Å². The van der Waals surface area contributed by atoms with Crippen molar-refractivity contribution in [2.75, 3.05) is 7.11 Å². The molecule has 2 rings (SSSR count).